The number of carbonyl (C=O) groups excluding carboxylic acids is 1. The summed E-state index contributed by atoms with van der Waals surface area (Å²) in [7, 11) is 1.71. The van der Waals surface area contributed by atoms with Crippen LogP contribution in [0.5, 0.6) is 0 Å². The van der Waals surface area contributed by atoms with Crippen molar-refractivity contribution >= 4 is 11.7 Å². The SMILES string of the molecule is CO[C@@H]1COCC[C@@H]1N[C@@H]1CC[C@@](C(=O)N2C[C@@H](C)C[C@H]2CNc2cc(C(F)(F)F)ccn2)(C2CCOC2)C1. The molecule has 7 atom stereocenters. The summed E-state index contributed by atoms with van der Waals surface area (Å²) in [5.41, 5.74) is -1.24. The Hall–Kier alpha value is -1.95. The van der Waals surface area contributed by atoms with Crippen LogP contribution in [0, 0.1) is 17.3 Å². The van der Waals surface area contributed by atoms with E-state index in [2.05, 4.69) is 22.5 Å². The molecular weight excluding hydrogens is 513 g/mol. The molecule has 2 N–H and O–H groups in total. The number of halogens is 3. The van der Waals surface area contributed by atoms with Crippen molar-refractivity contribution in [3.05, 3.63) is 23.9 Å². The minimum Gasteiger partial charge on any atom is -0.381 e. The third-order valence-corrected chi connectivity index (χ3v) is 9.23. The molecular formula is C28H41F3N4O4. The average molecular weight is 555 g/mol. The molecule has 5 rings (SSSR count). The lowest BCUT2D eigenvalue weighted by atomic mass is 9.71. The zero-order valence-electron chi connectivity index (χ0n) is 22.8. The minimum atomic E-state index is -4.43. The second kappa shape index (κ2) is 11.9. The van der Waals surface area contributed by atoms with Gasteiger partial charge in [0.1, 0.15) is 5.82 Å². The molecule has 1 aromatic heterocycles. The van der Waals surface area contributed by atoms with Crippen LogP contribution in [0.4, 0.5) is 19.0 Å². The fourth-order valence-electron chi connectivity index (χ4n) is 7.17. The number of hydrogen-bond donors (Lipinski definition) is 2. The van der Waals surface area contributed by atoms with Crippen molar-refractivity contribution < 1.29 is 32.2 Å². The van der Waals surface area contributed by atoms with E-state index in [1.54, 1.807) is 7.11 Å². The van der Waals surface area contributed by atoms with Gasteiger partial charge >= 0.3 is 6.18 Å². The molecule has 4 fully saturated rings. The van der Waals surface area contributed by atoms with E-state index >= 15 is 0 Å². The molecule has 0 spiro atoms. The molecule has 0 radical (unpaired) electrons. The molecule has 218 valence electrons. The number of nitrogens with zero attached hydrogens (tertiary/aromatic N) is 2. The molecule has 39 heavy (non-hydrogen) atoms. The van der Waals surface area contributed by atoms with Crippen LogP contribution in [0.2, 0.25) is 0 Å². The fraction of sp³-hybridized carbons (Fsp3) is 0.786. The van der Waals surface area contributed by atoms with Crippen molar-refractivity contribution in [3.8, 4) is 0 Å². The number of nitrogens with one attached hydrogen (secondary N) is 2. The molecule has 1 saturated carbocycles. The van der Waals surface area contributed by atoms with Crippen LogP contribution in [-0.4, -0.2) is 86.6 Å². The first-order valence-electron chi connectivity index (χ1n) is 14.2. The highest BCUT2D eigenvalue weighted by Gasteiger charge is 2.55. The highest BCUT2D eigenvalue weighted by atomic mass is 19.4. The predicted octanol–water partition coefficient (Wildman–Crippen LogP) is 3.72. The van der Waals surface area contributed by atoms with E-state index < -0.39 is 17.2 Å². The van der Waals surface area contributed by atoms with Gasteiger partial charge in [-0.25, -0.2) is 4.98 Å². The van der Waals surface area contributed by atoms with E-state index in [1.807, 2.05) is 4.90 Å². The van der Waals surface area contributed by atoms with Gasteiger partial charge in [-0.15, -0.1) is 0 Å². The van der Waals surface area contributed by atoms with Gasteiger partial charge in [0, 0.05) is 57.7 Å². The molecule has 4 heterocycles. The smallest absolute Gasteiger partial charge is 0.381 e. The van der Waals surface area contributed by atoms with E-state index in [1.165, 1.54) is 6.20 Å². The Balaban J connectivity index is 1.30. The highest BCUT2D eigenvalue weighted by molar-refractivity contribution is 5.84. The van der Waals surface area contributed by atoms with Gasteiger partial charge in [-0.05, 0) is 62.5 Å². The lowest BCUT2D eigenvalue weighted by molar-refractivity contribution is -0.146. The first kappa shape index (κ1) is 28.6. The van der Waals surface area contributed by atoms with Crippen LogP contribution in [0.1, 0.15) is 51.0 Å². The van der Waals surface area contributed by atoms with E-state index in [0.29, 0.717) is 45.4 Å². The fourth-order valence-corrected chi connectivity index (χ4v) is 7.17. The first-order chi connectivity index (χ1) is 18.7. The van der Waals surface area contributed by atoms with Crippen molar-refractivity contribution in [2.75, 3.05) is 51.9 Å². The maximum Gasteiger partial charge on any atom is 0.416 e. The Morgan fingerprint density at radius 3 is 2.77 bits per heavy atom. The molecule has 11 heteroatoms. The molecule has 0 bridgehead atoms. The lowest BCUT2D eigenvalue weighted by Gasteiger charge is -2.40. The Bertz CT molecular complexity index is 992. The second-order valence-corrected chi connectivity index (χ2v) is 11.8. The number of methoxy groups -OCH3 is 1. The van der Waals surface area contributed by atoms with Crippen molar-refractivity contribution in [2.24, 2.45) is 17.3 Å². The molecule has 1 aliphatic carbocycles. The summed E-state index contributed by atoms with van der Waals surface area (Å²) in [6.07, 6.45) is 1.76. The molecule has 4 aliphatic rings. The zero-order chi connectivity index (χ0) is 27.6. The largest absolute Gasteiger partial charge is 0.416 e. The van der Waals surface area contributed by atoms with Crippen molar-refractivity contribution in [1.82, 2.24) is 15.2 Å². The van der Waals surface area contributed by atoms with Gasteiger partial charge in [0.15, 0.2) is 0 Å². The lowest BCUT2D eigenvalue weighted by Crippen LogP contribution is -2.53. The number of aromatic nitrogens is 1. The number of rotatable bonds is 8. The van der Waals surface area contributed by atoms with Gasteiger partial charge in [-0.3, -0.25) is 4.79 Å². The summed E-state index contributed by atoms with van der Waals surface area (Å²) in [5.74, 6) is 0.821. The third-order valence-electron chi connectivity index (χ3n) is 9.23. The van der Waals surface area contributed by atoms with Gasteiger partial charge in [-0.2, -0.15) is 13.2 Å². The predicted molar refractivity (Wildman–Crippen MR) is 139 cm³/mol. The molecule has 3 aliphatic heterocycles. The van der Waals surface area contributed by atoms with Gasteiger partial charge in [0.25, 0.3) is 0 Å². The highest BCUT2D eigenvalue weighted by Crippen LogP contribution is 2.50. The Morgan fingerprint density at radius 2 is 2.03 bits per heavy atom. The molecule has 1 aromatic rings. The molecule has 1 amide bonds. The van der Waals surface area contributed by atoms with Crippen molar-refractivity contribution in [1.29, 1.82) is 0 Å². The van der Waals surface area contributed by atoms with Crippen molar-refractivity contribution in [3.63, 3.8) is 0 Å². The van der Waals surface area contributed by atoms with Gasteiger partial charge in [0.05, 0.1) is 30.3 Å². The minimum absolute atomic E-state index is 0.00129. The van der Waals surface area contributed by atoms with Crippen LogP contribution in [0.15, 0.2) is 18.3 Å². The van der Waals surface area contributed by atoms with Crippen LogP contribution in [0.3, 0.4) is 0 Å². The number of pyridine rings is 1. The van der Waals surface area contributed by atoms with E-state index in [0.717, 1.165) is 50.7 Å². The van der Waals surface area contributed by atoms with Crippen LogP contribution in [0.25, 0.3) is 0 Å². The quantitative estimate of drug-likeness (QED) is 0.507. The summed E-state index contributed by atoms with van der Waals surface area (Å²) in [5, 5.41) is 6.88. The molecule has 8 nitrogen and oxygen atoms in total. The number of hydrogen-bond acceptors (Lipinski definition) is 7. The third kappa shape index (κ3) is 6.21. The van der Waals surface area contributed by atoms with Crippen LogP contribution >= 0.6 is 0 Å². The number of alkyl halides is 3. The summed E-state index contributed by atoms with van der Waals surface area (Å²) < 4.78 is 56.5. The van der Waals surface area contributed by atoms with E-state index in [-0.39, 0.29) is 41.9 Å². The monoisotopic (exact) mass is 554 g/mol. The Morgan fingerprint density at radius 1 is 1.23 bits per heavy atom. The molecule has 3 saturated heterocycles. The number of anilines is 1. The number of ether oxygens (including phenoxy) is 3. The number of amides is 1. The Labute approximate surface area is 228 Å². The van der Waals surface area contributed by atoms with Gasteiger partial charge in [-0.1, -0.05) is 6.92 Å². The number of carbonyl (C=O) groups is 1. The summed E-state index contributed by atoms with van der Waals surface area (Å²) in [6, 6.07) is 2.29. The summed E-state index contributed by atoms with van der Waals surface area (Å²) in [6.45, 7) is 5.68. The maximum absolute atomic E-state index is 14.5. The topological polar surface area (TPSA) is 85.0 Å². The zero-order valence-corrected chi connectivity index (χ0v) is 22.8. The van der Waals surface area contributed by atoms with Crippen LogP contribution in [-0.2, 0) is 25.2 Å². The number of likely N-dealkylation sites (tertiary alicyclic amines) is 1. The normalized spacial score (nSPS) is 35.5. The van der Waals surface area contributed by atoms with E-state index in [9.17, 15) is 18.0 Å². The molecule has 0 aromatic carbocycles. The van der Waals surface area contributed by atoms with Gasteiger partial charge < -0.3 is 29.7 Å². The maximum atomic E-state index is 14.5. The average Bonchev–Trinajstić information content (AvgIpc) is 3.68. The summed E-state index contributed by atoms with van der Waals surface area (Å²) in [4.78, 5) is 20.5. The first-order valence-corrected chi connectivity index (χ1v) is 14.2. The summed E-state index contributed by atoms with van der Waals surface area (Å²) >= 11 is 0. The van der Waals surface area contributed by atoms with Crippen LogP contribution < -0.4 is 10.6 Å². The Kier molecular flexibility index (Phi) is 8.71. The van der Waals surface area contributed by atoms with E-state index in [4.69, 9.17) is 14.2 Å². The standard InChI is InChI=1S/C28H41F3N4O4/c1-18-11-22(14-33-25-12-19(4-8-32-25)28(29,30)31)35(15-18)26(36)27(20-5-9-38-16-20)7-3-21(13-27)34-23-6-10-39-17-24(23)37-2/h4,8,12,18,20-24,34H,3,5-7,9-11,13-17H2,1-2H3,(H,32,33)/t18-,20?,21+,22-,23-,24+,27-/m0/s1. The van der Waals surface area contributed by atoms with Crippen molar-refractivity contribution in [2.45, 2.75) is 75.9 Å². The molecule has 1 unspecified atom stereocenters. The second-order valence-electron chi connectivity index (χ2n) is 11.8. The van der Waals surface area contributed by atoms with Gasteiger partial charge in [0.2, 0.25) is 5.91 Å².